The molecule has 3 aliphatic heterocycles. The summed E-state index contributed by atoms with van der Waals surface area (Å²) in [5.41, 5.74) is 14.6. The van der Waals surface area contributed by atoms with Gasteiger partial charge in [0.15, 0.2) is 6.61 Å². The van der Waals surface area contributed by atoms with E-state index in [0.29, 0.717) is 55.4 Å². The Labute approximate surface area is 287 Å². The molecule has 10 heteroatoms. The van der Waals surface area contributed by atoms with Crippen molar-refractivity contribution in [2.24, 2.45) is 5.73 Å². The minimum absolute atomic E-state index is 0.0534. The number of nitrogens with zero attached hydrogens (tertiary/aromatic N) is 4. The summed E-state index contributed by atoms with van der Waals surface area (Å²) in [6.07, 6.45) is 0.748. The largest absolute Gasteiger partial charge is 0.484 e. The fraction of sp³-hybridized carbons (Fsp3) is 0.359. The predicted octanol–water partition coefficient (Wildman–Crippen LogP) is 4.83. The molecule has 0 radical (unpaired) electrons. The molecule has 3 aromatic carbocycles. The van der Waals surface area contributed by atoms with E-state index in [0.717, 1.165) is 59.6 Å². The average molecular weight is 662 g/mol. The summed E-state index contributed by atoms with van der Waals surface area (Å²) in [4.78, 5) is 47.5. The summed E-state index contributed by atoms with van der Waals surface area (Å²) >= 11 is 0. The van der Waals surface area contributed by atoms with Gasteiger partial charge in [0.25, 0.3) is 11.8 Å². The number of ether oxygens (including phenoxy) is 2. The smallest absolute Gasteiger partial charge is 0.323 e. The van der Waals surface area contributed by atoms with Crippen molar-refractivity contribution in [2.45, 2.75) is 52.9 Å². The van der Waals surface area contributed by atoms with Gasteiger partial charge in [-0.15, -0.1) is 0 Å². The van der Waals surface area contributed by atoms with Crippen LogP contribution in [0, 0.1) is 20.8 Å². The van der Waals surface area contributed by atoms with E-state index >= 15 is 4.79 Å². The van der Waals surface area contributed by atoms with Gasteiger partial charge in [-0.1, -0.05) is 42.5 Å². The van der Waals surface area contributed by atoms with Crippen LogP contribution in [0.5, 0.6) is 5.75 Å². The molecule has 0 bridgehead atoms. The Balaban J connectivity index is 1.28. The number of hydrogen-bond donors (Lipinski definition) is 1. The van der Waals surface area contributed by atoms with Crippen LogP contribution in [0.15, 0.2) is 66.7 Å². The lowest BCUT2D eigenvalue weighted by molar-refractivity contribution is -0.134. The van der Waals surface area contributed by atoms with Crippen molar-refractivity contribution in [2.75, 3.05) is 39.5 Å². The van der Waals surface area contributed by atoms with E-state index in [4.69, 9.17) is 15.2 Å². The minimum atomic E-state index is -0.602. The van der Waals surface area contributed by atoms with Gasteiger partial charge in [0, 0.05) is 62.1 Å². The highest BCUT2D eigenvalue weighted by atomic mass is 16.5. The average Bonchev–Trinajstić information content (AvgIpc) is 3.64. The number of nitrogens with two attached hydrogens (primary N) is 1. The van der Waals surface area contributed by atoms with Gasteiger partial charge in [0.05, 0.1) is 18.9 Å². The van der Waals surface area contributed by atoms with Gasteiger partial charge in [0.2, 0.25) is 0 Å². The Morgan fingerprint density at radius 2 is 1.51 bits per heavy atom. The van der Waals surface area contributed by atoms with Gasteiger partial charge >= 0.3 is 6.03 Å². The molecule has 10 nitrogen and oxygen atoms in total. The summed E-state index contributed by atoms with van der Waals surface area (Å²) in [7, 11) is 0. The van der Waals surface area contributed by atoms with Crippen molar-refractivity contribution in [3.05, 3.63) is 111 Å². The molecule has 1 aromatic heterocycles. The Bertz CT molecular complexity index is 1910. The van der Waals surface area contributed by atoms with E-state index in [1.807, 2.05) is 74.2 Å². The number of rotatable bonds is 7. The van der Waals surface area contributed by atoms with Crippen molar-refractivity contribution in [1.82, 2.24) is 19.3 Å². The number of aromatic nitrogens is 1. The molecule has 1 saturated heterocycles. The second-order valence-corrected chi connectivity index (χ2v) is 13.3. The number of benzene rings is 3. The number of morpholine rings is 1. The van der Waals surface area contributed by atoms with E-state index in [1.54, 1.807) is 4.90 Å². The van der Waals surface area contributed by atoms with E-state index in [9.17, 15) is 9.59 Å². The van der Waals surface area contributed by atoms with Crippen LogP contribution < -0.4 is 10.5 Å². The zero-order chi connectivity index (χ0) is 34.2. The molecule has 4 heterocycles. The zero-order valence-corrected chi connectivity index (χ0v) is 28.4. The van der Waals surface area contributed by atoms with E-state index in [2.05, 4.69) is 23.1 Å². The zero-order valence-electron chi connectivity index (χ0n) is 28.4. The first-order valence-corrected chi connectivity index (χ1v) is 17.0. The first-order valence-electron chi connectivity index (χ1n) is 17.0. The maximum atomic E-state index is 15.1. The predicted molar refractivity (Wildman–Crippen MR) is 186 cm³/mol. The fourth-order valence-corrected chi connectivity index (χ4v) is 7.53. The van der Waals surface area contributed by atoms with Gasteiger partial charge in [-0.3, -0.25) is 19.1 Å². The molecule has 7 rings (SSSR count). The number of para-hydroxylation sites is 1. The highest BCUT2D eigenvalue weighted by Crippen LogP contribution is 2.38. The molecule has 4 aromatic rings. The molecule has 2 N–H and O–H groups in total. The Morgan fingerprint density at radius 3 is 2.22 bits per heavy atom. The molecule has 0 spiro atoms. The fourth-order valence-electron chi connectivity index (χ4n) is 7.53. The number of primary amides is 1. The lowest BCUT2D eigenvalue weighted by Gasteiger charge is -2.40. The molecule has 1 atom stereocenters. The van der Waals surface area contributed by atoms with E-state index in [1.165, 1.54) is 10.1 Å². The van der Waals surface area contributed by atoms with Crippen molar-refractivity contribution in [3.63, 3.8) is 0 Å². The quantitative estimate of drug-likeness (QED) is 0.304. The molecule has 0 unspecified atom stereocenters. The van der Waals surface area contributed by atoms with Crippen LogP contribution in [0.4, 0.5) is 4.79 Å². The van der Waals surface area contributed by atoms with Gasteiger partial charge in [-0.05, 0) is 84.8 Å². The molecule has 254 valence electrons. The third-order valence-corrected chi connectivity index (χ3v) is 10.4. The maximum absolute atomic E-state index is 15.1. The Hall–Kier alpha value is -4.93. The van der Waals surface area contributed by atoms with Gasteiger partial charge < -0.3 is 25.0 Å². The maximum Gasteiger partial charge on any atom is 0.323 e. The van der Waals surface area contributed by atoms with Crippen LogP contribution in [0.1, 0.15) is 49.4 Å². The number of carbonyl (C=O) groups is 3. The van der Waals surface area contributed by atoms with Gasteiger partial charge in [-0.25, -0.2) is 4.79 Å². The Morgan fingerprint density at radius 1 is 0.837 bits per heavy atom. The topological polar surface area (TPSA) is 110 Å². The summed E-state index contributed by atoms with van der Waals surface area (Å²) < 4.78 is 12.9. The van der Waals surface area contributed by atoms with Gasteiger partial charge in [-0.2, -0.15) is 0 Å². The molecular weight excluding hydrogens is 618 g/mol. The third kappa shape index (κ3) is 6.34. The first-order chi connectivity index (χ1) is 23.7. The van der Waals surface area contributed by atoms with Crippen molar-refractivity contribution < 1.29 is 23.9 Å². The molecule has 3 aliphatic rings. The Kier molecular flexibility index (Phi) is 9.00. The number of fused-ring (bicyclic) bond motifs is 2. The van der Waals surface area contributed by atoms with Crippen LogP contribution in [-0.4, -0.2) is 82.6 Å². The third-order valence-electron chi connectivity index (χ3n) is 10.4. The van der Waals surface area contributed by atoms with Crippen molar-refractivity contribution >= 4 is 17.8 Å². The second kappa shape index (κ2) is 13.5. The van der Waals surface area contributed by atoms with Crippen LogP contribution in [0.25, 0.3) is 11.3 Å². The minimum Gasteiger partial charge on any atom is -0.484 e. The summed E-state index contributed by atoms with van der Waals surface area (Å²) in [6, 6.07) is 20.9. The molecule has 49 heavy (non-hydrogen) atoms. The van der Waals surface area contributed by atoms with Crippen LogP contribution in [-0.2, 0) is 35.6 Å². The highest BCUT2D eigenvalue weighted by molar-refractivity contribution is 6.03. The number of amides is 3. The molecule has 3 amide bonds. The van der Waals surface area contributed by atoms with Crippen molar-refractivity contribution in [1.29, 1.82) is 0 Å². The molecule has 0 saturated carbocycles. The lowest BCUT2D eigenvalue weighted by Crippen LogP contribution is -2.52. The van der Waals surface area contributed by atoms with Crippen molar-refractivity contribution in [3.8, 4) is 17.0 Å². The van der Waals surface area contributed by atoms with Crippen LogP contribution in [0.2, 0.25) is 0 Å². The highest BCUT2D eigenvalue weighted by Gasteiger charge is 2.36. The van der Waals surface area contributed by atoms with E-state index < -0.39 is 6.03 Å². The SMILES string of the molecule is Cc1c(C)c(-c2cc3c(cc2C(=O)N2Cc4ccccc4C[C@H]2CN2CCOCC2)CN(C(=O)COc2ccccc2)C3)n(C(N)=O)c1C. The first kappa shape index (κ1) is 32.6. The number of hydrogen-bond acceptors (Lipinski definition) is 6. The summed E-state index contributed by atoms with van der Waals surface area (Å²) in [6.45, 7) is 10.7. The summed E-state index contributed by atoms with van der Waals surface area (Å²) in [5, 5.41) is 0. The monoisotopic (exact) mass is 661 g/mol. The van der Waals surface area contributed by atoms with E-state index in [-0.39, 0.29) is 24.5 Å². The molecular formula is C39H43N5O5. The number of carbonyl (C=O) groups excluding carboxylic acids is 3. The standard InChI is InChI=1S/C39H43N5O5/c1-25-26(2)37(44(27(25)3)39(40)47)34-18-30-20-42(36(45)24-49-33-11-5-4-6-12-33)21-31(30)19-35(34)38(46)43-22-29-10-8-7-9-28(29)17-32(43)23-41-13-15-48-16-14-41/h4-12,18-19,32H,13-17,20-24H2,1-3H3,(H2,40,47)/t32-/m0/s1. The molecule has 1 fully saturated rings. The second-order valence-electron chi connectivity index (χ2n) is 13.3. The van der Waals surface area contributed by atoms with Gasteiger partial charge in [0.1, 0.15) is 5.75 Å². The normalized spacial score (nSPS) is 17.5. The lowest BCUT2D eigenvalue weighted by atomic mass is 9.90. The van der Waals surface area contributed by atoms with Crippen LogP contribution in [0.3, 0.4) is 0 Å². The summed E-state index contributed by atoms with van der Waals surface area (Å²) in [5.74, 6) is 0.386. The van der Waals surface area contributed by atoms with Crippen LogP contribution >= 0.6 is 0 Å². The molecule has 0 aliphatic carbocycles.